The van der Waals surface area contributed by atoms with E-state index in [0.717, 1.165) is 18.1 Å². The van der Waals surface area contributed by atoms with E-state index in [4.69, 9.17) is 4.74 Å². The number of rotatable bonds is 5. The molecule has 0 saturated heterocycles. The Bertz CT molecular complexity index is 386. The summed E-state index contributed by atoms with van der Waals surface area (Å²) in [6.45, 7) is 0. The van der Waals surface area contributed by atoms with Crippen molar-refractivity contribution in [2.45, 2.75) is 43.4 Å². The molecule has 3 heteroatoms. The van der Waals surface area contributed by atoms with Crippen molar-refractivity contribution in [2.24, 2.45) is 5.92 Å². The predicted octanol–water partition coefficient (Wildman–Crippen LogP) is 5.34. The lowest BCUT2D eigenvalue weighted by atomic mass is 9.98. The van der Waals surface area contributed by atoms with Gasteiger partial charge < -0.3 is 4.74 Å². The monoisotopic (exact) mass is 374 g/mol. The largest absolute Gasteiger partial charge is 0.497 e. The van der Waals surface area contributed by atoms with E-state index in [0.29, 0.717) is 4.83 Å². The maximum Gasteiger partial charge on any atom is 0.119 e. The molecular formula is C15H20Br2O. The second-order valence-corrected chi connectivity index (χ2v) is 7.09. The molecule has 18 heavy (non-hydrogen) atoms. The molecule has 1 saturated carbocycles. The van der Waals surface area contributed by atoms with Gasteiger partial charge in [0.2, 0.25) is 0 Å². The summed E-state index contributed by atoms with van der Waals surface area (Å²) >= 11 is 7.50. The van der Waals surface area contributed by atoms with Gasteiger partial charge in [-0.1, -0.05) is 44.7 Å². The zero-order chi connectivity index (χ0) is 13.0. The van der Waals surface area contributed by atoms with E-state index < -0.39 is 0 Å². The van der Waals surface area contributed by atoms with Crippen LogP contribution < -0.4 is 4.74 Å². The van der Waals surface area contributed by atoms with Crippen LogP contribution in [0.5, 0.6) is 5.75 Å². The quantitative estimate of drug-likeness (QED) is 0.630. The Labute approximate surface area is 127 Å². The minimum absolute atomic E-state index is 0.665. The summed E-state index contributed by atoms with van der Waals surface area (Å²) in [6.07, 6.45) is 7.93. The molecule has 1 unspecified atom stereocenters. The highest BCUT2D eigenvalue weighted by Crippen LogP contribution is 2.34. The number of methoxy groups -OCH3 is 1. The lowest BCUT2D eigenvalue weighted by Gasteiger charge is -2.17. The molecule has 0 heterocycles. The molecule has 0 aliphatic heterocycles. The van der Waals surface area contributed by atoms with E-state index >= 15 is 0 Å². The van der Waals surface area contributed by atoms with Gasteiger partial charge in [-0.2, -0.15) is 0 Å². The number of hydrogen-bond acceptors (Lipinski definition) is 1. The molecule has 1 aromatic rings. The van der Waals surface area contributed by atoms with Gasteiger partial charge in [0.1, 0.15) is 5.75 Å². The zero-order valence-corrected chi connectivity index (χ0v) is 14.0. The highest BCUT2D eigenvalue weighted by atomic mass is 79.9. The summed E-state index contributed by atoms with van der Waals surface area (Å²) in [5.41, 5.74) is 1.34. The van der Waals surface area contributed by atoms with Gasteiger partial charge in [0.15, 0.2) is 0 Å². The summed E-state index contributed by atoms with van der Waals surface area (Å²) in [6, 6.07) is 6.21. The lowest BCUT2D eigenvalue weighted by Crippen LogP contribution is -2.11. The summed E-state index contributed by atoms with van der Waals surface area (Å²) in [5.74, 6) is 1.83. The molecule has 1 aliphatic carbocycles. The normalized spacial score (nSPS) is 17.9. The molecular weight excluding hydrogens is 356 g/mol. The van der Waals surface area contributed by atoms with Crippen LogP contribution in [0, 0.1) is 5.92 Å². The summed E-state index contributed by atoms with van der Waals surface area (Å²) in [5, 5.41) is 0. The molecule has 1 aromatic carbocycles. The third-order valence-electron chi connectivity index (χ3n) is 3.85. The van der Waals surface area contributed by atoms with E-state index in [-0.39, 0.29) is 0 Å². The van der Waals surface area contributed by atoms with Gasteiger partial charge in [-0.15, -0.1) is 0 Å². The van der Waals surface area contributed by atoms with Crippen LogP contribution in [0.2, 0.25) is 0 Å². The van der Waals surface area contributed by atoms with Gasteiger partial charge in [-0.05, 0) is 55.4 Å². The average molecular weight is 376 g/mol. The average Bonchev–Trinajstić information content (AvgIpc) is 2.91. The number of alkyl halides is 1. The van der Waals surface area contributed by atoms with E-state index in [1.165, 1.54) is 42.1 Å². The van der Waals surface area contributed by atoms with Gasteiger partial charge in [-0.3, -0.25) is 0 Å². The third kappa shape index (κ3) is 3.74. The Morgan fingerprint density at radius 3 is 2.72 bits per heavy atom. The first-order chi connectivity index (χ1) is 8.70. The van der Waals surface area contributed by atoms with Crippen LogP contribution in [-0.4, -0.2) is 11.9 Å². The Morgan fingerprint density at radius 1 is 1.33 bits per heavy atom. The summed E-state index contributed by atoms with van der Waals surface area (Å²) < 4.78 is 6.47. The number of halogens is 2. The minimum Gasteiger partial charge on any atom is -0.497 e. The molecule has 0 aromatic heterocycles. The highest BCUT2D eigenvalue weighted by molar-refractivity contribution is 9.10. The van der Waals surface area contributed by atoms with Crippen LogP contribution in [0.15, 0.2) is 22.7 Å². The van der Waals surface area contributed by atoms with E-state index in [1.807, 2.05) is 6.07 Å². The van der Waals surface area contributed by atoms with Gasteiger partial charge in [0.05, 0.1) is 7.11 Å². The van der Waals surface area contributed by atoms with Crippen LogP contribution in [0.4, 0.5) is 0 Å². The van der Waals surface area contributed by atoms with Crippen LogP contribution in [-0.2, 0) is 6.42 Å². The fourth-order valence-corrected chi connectivity index (χ4v) is 3.92. The van der Waals surface area contributed by atoms with Crippen LogP contribution >= 0.6 is 31.9 Å². The molecule has 1 atom stereocenters. The van der Waals surface area contributed by atoms with Crippen molar-refractivity contribution in [2.75, 3.05) is 7.11 Å². The molecule has 0 N–H and O–H groups in total. The lowest BCUT2D eigenvalue weighted by molar-refractivity contribution is 0.414. The van der Waals surface area contributed by atoms with Gasteiger partial charge in [-0.25, -0.2) is 0 Å². The molecule has 0 bridgehead atoms. The van der Waals surface area contributed by atoms with Crippen LogP contribution in [0.25, 0.3) is 0 Å². The van der Waals surface area contributed by atoms with Gasteiger partial charge in [0.25, 0.3) is 0 Å². The maximum atomic E-state index is 5.28. The first kappa shape index (κ1) is 14.4. The first-order valence-corrected chi connectivity index (χ1v) is 8.38. The second-order valence-electron chi connectivity index (χ2n) is 5.06. The van der Waals surface area contributed by atoms with Gasteiger partial charge >= 0.3 is 0 Å². The van der Waals surface area contributed by atoms with Crippen molar-refractivity contribution < 1.29 is 4.74 Å². The SMILES string of the molecule is COc1ccc(Br)c(CCC(Br)C2CCCC2)c1. The smallest absolute Gasteiger partial charge is 0.119 e. The first-order valence-electron chi connectivity index (χ1n) is 6.67. The van der Waals surface area contributed by atoms with E-state index in [1.54, 1.807) is 7.11 Å². The fraction of sp³-hybridized carbons (Fsp3) is 0.600. The van der Waals surface area contributed by atoms with E-state index in [9.17, 15) is 0 Å². The van der Waals surface area contributed by atoms with E-state index in [2.05, 4.69) is 44.0 Å². The van der Waals surface area contributed by atoms with Gasteiger partial charge in [0, 0.05) is 9.30 Å². The number of hydrogen-bond donors (Lipinski definition) is 0. The molecule has 1 nitrogen and oxygen atoms in total. The van der Waals surface area contributed by atoms with Crippen LogP contribution in [0.3, 0.4) is 0 Å². The molecule has 0 amide bonds. The molecule has 0 radical (unpaired) electrons. The number of aryl methyl sites for hydroxylation is 1. The summed E-state index contributed by atoms with van der Waals surface area (Å²) in [7, 11) is 1.72. The summed E-state index contributed by atoms with van der Waals surface area (Å²) in [4.78, 5) is 0.665. The molecule has 1 aliphatic rings. The van der Waals surface area contributed by atoms with Crippen molar-refractivity contribution in [1.82, 2.24) is 0 Å². The molecule has 1 fully saturated rings. The zero-order valence-electron chi connectivity index (χ0n) is 10.8. The minimum atomic E-state index is 0.665. The molecule has 0 spiro atoms. The third-order valence-corrected chi connectivity index (χ3v) is 5.83. The maximum absolute atomic E-state index is 5.28. The Balaban J connectivity index is 1.92. The van der Waals surface area contributed by atoms with Crippen LogP contribution in [0.1, 0.15) is 37.7 Å². The Hall–Kier alpha value is -0.0200. The van der Waals surface area contributed by atoms with Crippen molar-refractivity contribution >= 4 is 31.9 Å². The molecule has 2 rings (SSSR count). The standard InChI is InChI=1S/C15H20Br2O/c1-18-13-7-9-15(17)12(10-13)6-8-14(16)11-4-2-3-5-11/h7,9-11,14H,2-6,8H2,1H3. The van der Waals surface area contributed by atoms with Crippen molar-refractivity contribution in [3.63, 3.8) is 0 Å². The highest BCUT2D eigenvalue weighted by Gasteiger charge is 2.22. The number of benzene rings is 1. The topological polar surface area (TPSA) is 9.23 Å². The predicted molar refractivity (Wildman–Crippen MR) is 83.7 cm³/mol. The van der Waals surface area contributed by atoms with Crippen molar-refractivity contribution in [3.05, 3.63) is 28.2 Å². The Morgan fingerprint density at radius 2 is 2.06 bits per heavy atom. The molecule has 100 valence electrons. The van der Waals surface area contributed by atoms with Crippen molar-refractivity contribution in [3.8, 4) is 5.75 Å². The second kappa shape index (κ2) is 6.95. The Kier molecular flexibility index (Phi) is 5.56. The number of ether oxygens (including phenoxy) is 1. The van der Waals surface area contributed by atoms with Crippen molar-refractivity contribution in [1.29, 1.82) is 0 Å². The fourth-order valence-electron chi connectivity index (χ4n) is 2.72.